The first-order valence-electron chi connectivity index (χ1n) is 9.83. The summed E-state index contributed by atoms with van der Waals surface area (Å²) < 4.78 is 32.8. The van der Waals surface area contributed by atoms with E-state index < -0.39 is 22.4 Å². The van der Waals surface area contributed by atoms with Gasteiger partial charge in [0.1, 0.15) is 5.01 Å². The molecular formula is C21H24N4O5S2. The van der Waals surface area contributed by atoms with Gasteiger partial charge in [-0.3, -0.25) is 14.1 Å². The fraction of sp³-hybridized carbons (Fsp3) is 0.238. The fourth-order valence-corrected chi connectivity index (χ4v) is 4.27. The van der Waals surface area contributed by atoms with E-state index in [1.165, 1.54) is 23.5 Å². The lowest BCUT2D eigenvalue weighted by Gasteiger charge is -2.17. The Morgan fingerprint density at radius 3 is 2.47 bits per heavy atom. The Morgan fingerprint density at radius 2 is 1.84 bits per heavy atom. The number of hydroxylamine groups is 1. The Bertz CT molecular complexity index is 1120. The first-order chi connectivity index (χ1) is 15.3. The number of carbonyl (C=O) groups is 1. The molecule has 1 aromatic heterocycles. The van der Waals surface area contributed by atoms with Crippen molar-refractivity contribution >= 4 is 33.4 Å². The van der Waals surface area contributed by atoms with Crippen molar-refractivity contribution in [1.29, 1.82) is 0 Å². The molecule has 4 N–H and O–H groups in total. The molecule has 3 aromatic rings. The monoisotopic (exact) mass is 476 g/mol. The van der Waals surface area contributed by atoms with Crippen LogP contribution in [-0.4, -0.2) is 24.0 Å². The number of aromatic nitrogens is 1. The Labute approximate surface area is 190 Å². The average Bonchev–Trinajstić information content (AvgIpc) is 3.24. The smallest absolute Gasteiger partial charge is 0.327 e. The lowest BCUT2D eigenvalue weighted by Crippen LogP contribution is -2.38. The summed E-state index contributed by atoms with van der Waals surface area (Å²) >= 11 is 1.46. The molecule has 0 aliphatic heterocycles. The minimum Gasteiger partial charge on any atom is -0.327 e. The van der Waals surface area contributed by atoms with Gasteiger partial charge in [-0.2, -0.15) is 8.42 Å². The number of urea groups is 1. The fourth-order valence-electron chi connectivity index (χ4n) is 2.89. The van der Waals surface area contributed by atoms with Gasteiger partial charge in [-0.15, -0.1) is 11.3 Å². The lowest BCUT2D eigenvalue weighted by molar-refractivity contribution is 0.0481. The molecule has 0 radical (unpaired) electrons. The van der Waals surface area contributed by atoms with E-state index in [4.69, 9.17) is 9.39 Å². The highest BCUT2D eigenvalue weighted by Gasteiger charge is 2.19. The number of hydrogen-bond acceptors (Lipinski definition) is 6. The van der Waals surface area contributed by atoms with Gasteiger partial charge in [0, 0.05) is 5.38 Å². The van der Waals surface area contributed by atoms with Crippen molar-refractivity contribution in [2.24, 2.45) is 0 Å². The maximum absolute atomic E-state index is 12.4. The minimum atomic E-state index is -4.34. The quantitative estimate of drug-likeness (QED) is 0.261. The number of nitrogens with zero attached hydrogens (tertiary/aromatic N) is 1. The Balaban J connectivity index is 1.64. The summed E-state index contributed by atoms with van der Waals surface area (Å²) in [6.45, 7) is 2.24. The second-order valence-electron chi connectivity index (χ2n) is 6.91. The van der Waals surface area contributed by atoms with Crippen LogP contribution in [-0.2, 0) is 34.6 Å². The molecule has 32 heavy (non-hydrogen) atoms. The number of aryl methyl sites for hydroxylation is 1. The summed E-state index contributed by atoms with van der Waals surface area (Å²) in [7, 11) is -4.34. The van der Waals surface area contributed by atoms with Gasteiger partial charge < -0.3 is 5.32 Å². The standard InChI is InChI=1S/C21H24N4O5S2/c1-2-17-14-31-20(22-17)19(12-15-8-10-18(11-9-15)25-32(27,28)29)23-21(26)24-30-13-16-6-4-3-5-7-16/h3-11,14,19,25H,2,12-13H2,1H3,(H2,23,24,26)(H,27,28,29)/t19-/m0/s1. The lowest BCUT2D eigenvalue weighted by atomic mass is 10.1. The van der Waals surface area contributed by atoms with E-state index in [-0.39, 0.29) is 12.3 Å². The number of nitrogens with one attached hydrogen (secondary N) is 3. The van der Waals surface area contributed by atoms with Crippen molar-refractivity contribution in [3.05, 3.63) is 81.8 Å². The van der Waals surface area contributed by atoms with Gasteiger partial charge in [0.15, 0.2) is 0 Å². The number of rotatable bonds is 10. The SMILES string of the molecule is CCc1csc([C@H](Cc2ccc(NS(=O)(=O)O)cc2)NC(=O)NOCc2ccccc2)n1. The Hall–Kier alpha value is -2.99. The van der Waals surface area contributed by atoms with Crippen LogP contribution < -0.4 is 15.5 Å². The molecule has 1 atom stereocenters. The molecule has 0 bridgehead atoms. The van der Waals surface area contributed by atoms with Gasteiger partial charge in [-0.05, 0) is 36.1 Å². The number of benzene rings is 2. The van der Waals surface area contributed by atoms with Crippen molar-refractivity contribution in [1.82, 2.24) is 15.8 Å². The van der Waals surface area contributed by atoms with E-state index in [9.17, 15) is 13.2 Å². The van der Waals surface area contributed by atoms with Crippen LogP contribution in [0.1, 0.15) is 34.8 Å². The molecule has 2 amide bonds. The number of anilines is 1. The highest BCUT2D eigenvalue weighted by Crippen LogP contribution is 2.23. The van der Waals surface area contributed by atoms with E-state index in [2.05, 4.69) is 15.8 Å². The van der Waals surface area contributed by atoms with Gasteiger partial charge in [0.25, 0.3) is 0 Å². The highest BCUT2D eigenvalue weighted by molar-refractivity contribution is 7.87. The minimum absolute atomic E-state index is 0.232. The molecule has 0 saturated carbocycles. The van der Waals surface area contributed by atoms with Crippen molar-refractivity contribution < 1.29 is 22.6 Å². The number of amides is 2. The molecule has 9 nitrogen and oxygen atoms in total. The summed E-state index contributed by atoms with van der Waals surface area (Å²) in [5, 5.41) is 5.58. The van der Waals surface area contributed by atoms with Gasteiger partial charge in [0.2, 0.25) is 0 Å². The Kier molecular flexibility index (Phi) is 8.17. The van der Waals surface area contributed by atoms with E-state index in [0.29, 0.717) is 6.42 Å². The molecule has 0 unspecified atom stereocenters. The second kappa shape index (κ2) is 11.0. The number of thiazole rings is 1. The van der Waals surface area contributed by atoms with Gasteiger partial charge in [-0.25, -0.2) is 15.3 Å². The first kappa shape index (κ1) is 23.7. The van der Waals surface area contributed by atoms with Crippen LogP contribution in [0.25, 0.3) is 0 Å². The molecule has 170 valence electrons. The van der Waals surface area contributed by atoms with E-state index in [1.54, 1.807) is 12.1 Å². The summed E-state index contributed by atoms with van der Waals surface area (Å²) in [4.78, 5) is 22.3. The van der Waals surface area contributed by atoms with Crippen molar-refractivity contribution in [3.63, 3.8) is 0 Å². The zero-order valence-corrected chi connectivity index (χ0v) is 18.9. The normalized spacial score (nSPS) is 12.2. The van der Waals surface area contributed by atoms with Crippen LogP contribution >= 0.6 is 11.3 Å². The van der Waals surface area contributed by atoms with Crippen LogP contribution in [0.2, 0.25) is 0 Å². The zero-order valence-electron chi connectivity index (χ0n) is 17.3. The summed E-state index contributed by atoms with van der Waals surface area (Å²) in [5.41, 5.74) is 5.33. The largest absolute Gasteiger partial charge is 0.357 e. The molecule has 0 aliphatic carbocycles. The molecule has 0 saturated heterocycles. The van der Waals surface area contributed by atoms with Crippen LogP contribution in [0, 0.1) is 0 Å². The van der Waals surface area contributed by atoms with Crippen LogP contribution in [0.3, 0.4) is 0 Å². The van der Waals surface area contributed by atoms with Crippen molar-refractivity contribution in [2.45, 2.75) is 32.4 Å². The molecule has 11 heteroatoms. The summed E-state index contributed by atoms with van der Waals surface area (Å²) in [5.74, 6) is 0. The third-order valence-corrected chi connectivity index (χ3v) is 5.92. The molecular weight excluding hydrogens is 452 g/mol. The highest BCUT2D eigenvalue weighted by atomic mass is 32.2. The zero-order chi connectivity index (χ0) is 23.0. The Morgan fingerprint density at radius 1 is 1.12 bits per heavy atom. The third kappa shape index (κ3) is 7.61. The van der Waals surface area contributed by atoms with E-state index in [1.807, 2.05) is 47.4 Å². The molecule has 2 aromatic carbocycles. The number of hydrogen-bond donors (Lipinski definition) is 4. The number of carbonyl (C=O) groups excluding carboxylic acids is 1. The van der Waals surface area contributed by atoms with Crippen LogP contribution in [0.4, 0.5) is 10.5 Å². The molecule has 3 rings (SSSR count). The van der Waals surface area contributed by atoms with E-state index in [0.717, 1.165) is 28.2 Å². The predicted octanol–water partition coefficient (Wildman–Crippen LogP) is 3.64. The van der Waals surface area contributed by atoms with Crippen molar-refractivity contribution in [2.75, 3.05) is 4.72 Å². The topological polar surface area (TPSA) is 130 Å². The maximum Gasteiger partial charge on any atom is 0.357 e. The summed E-state index contributed by atoms with van der Waals surface area (Å²) in [6, 6.07) is 15.0. The maximum atomic E-state index is 12.4. The molecule has 0 aliphatic rings. The summed E-state index contributed by atoms with van der Waals surface area (Å²) in [6.07, 6.45) is 1.21. The van der Waals surface area contributed by atoms with Crippen LogP contribution in [0.5, 0.6) is 0 Å². The van der Waals surface area contributed by atoms with Gasteiger partial charge in [-0.1, -0.05) is 49.4 Å². The van der Waals surface area contributed by atoms with Crippen LogP contribution in [0.15, 0.2) is 60.0 Å². The van der Waals surface area contributed by atoms with Crippen molar-refractivity contribution in [3.8, 4) is 0 Å². The molecule has 0 fully saturated rings. The van der Waals surface area contributed by atoms with Gasteiger partial charge >= 0.3 is 16.3 Å². The predicted molar refractivity (Wildman–Crippen MR) is 122 cm³/mol. The van der Waals surface area contributed by atoms with E-state index >= 15 is 0 Å². The third-order valence-electron chi connectivity index (χ3n) is 4.42. The average molecular weight is 477 g/mol. The van der Waals surface area contributed by atoms with Gasteiger partial charge in [0.05, 0.1) is 24.0 Å². The first-order valence-corrected chi connectivity index (χ1v) is 12.1. The molecule has 1 heterocycles. The second-order valence-corrected chi connectivity index (χ2v) is 8.96. The molecule has 0 spiro atoms.